The first-order chi connectivity index (χ1) is 10.3. The summed E-state index contributed by atoms with van der Waals surface area (Å²) in [7, 11) is 1.84. The van der Waals surface area contributed by atoms with Crippen molar-refractivity contribution >= 4 is 0 Å². The number of benzene rings is 1. The van der Waals surface area contributed by atoms with Gasteiger partial charge >= 0.3 is 0 Å². The highest BCUT2D eigenvalue weighted by atomic mass is 15.4. The average molecular weight is 283 g/mol. The van der Waals surface area contributed by atoms with Gasteiger partial charge in [0.1, 0.15) is 0 Å². The molecular weight excluding hydrogens is 266 g/mol. The van der Waals surface area contributed by atoms with Crippen molar-refractivity contribution in [3.05, 3.63) is 60.2 Å². The zero-order valence-electron chi connectivity index (χ0n) is 11.7. The molecule has 2 heterocycles. The summed E-state index contributed by atoms with van der Waals surface area (Å²) in [4.78, 5) is 0. The molecule has 3 rings (SSSR count). The van der Waals surface area contributed by atoms with Crippen molar-refractivity contribution in [1.29, 1.82) is 0 Å². The average Bonchev–Trinajstić information content (AvgIpc) is 3.15. The summed E-state index contributed by atoms with van der Waals surface area (Å²) >= 11 is 0. The van der Waals surface area contributed by atoms with Crippen LogP contribution in [0, 0.1) is 0 Å². The number of aryl methyl sites for hydroxylation is 1. The second kappa shape index (κ2) is 5.86. The lowest BCUT2D eigenvalue weighted by atomic mass is 10.1. The maximum Gasteiger partial charge on any atom is 0.0847 e. The molecule has 0 aliphatic heterocycles. The molecular formula is C14H17N7. The van der Waals surface area contributed by atoms with Gasteiger partial charge in [-0.1, -0.05) is 23.4 Å². The minimum atomic E-state index is -0.105. The van der Waals surface area contributed by atoms with Crippen molar-refractivity contribution in [2.45, 2.75) is 12.5 Å². The minimum Gasteiger partial charge on any atom is -0.271 e. The number of hydrazine groups is 1. The third-order valence-corrected chi connectivity index (χ3v) is 3.25. The van der Waals surface area contributed by atoms with Crippen molar-refractivity contribution in [3.63, 3.8) is 0 Å². The molecule has 7 nitrogen and oxygen atoms in total. The van der Waals surface area contributed by atoms with Crippen LogP contribution in [0.15, 0.2) is 48.8 Å². The zero-order valence-corrected chi connectivity index (χ0v) is 11.7. The zero-order chi connectivity index (χ0) is 14.7. The van der Waals surface area contributed by atoms with Crippen molar-refractivity contribution in [2.24, 2.45) is 12.9 Å². The van der Waals surface area contributed by atoms with Gasteiger partial charge in [-0.3, -0.25) is 16.0 Å². The Bertz CT molecular complexity index is 701. The molecule has 0 radical (unpaired) electrons. The molecule has 1 aromatic carbocycles. The van der Waals surface area contributed by atoms with Crippen LogP contribution in [-0.2, 0) is 13.5 Å². The van der Waals surface area contributed by atoms with Crippen LogP contribution in [0.4, 0.5) is 0 Å². The normalized spacial score (nSPS) is 12.5. The van der Waals surface area contributed by atoms with Gasteiger partial charge in [-0.25, -0.2) is 4.68 Å². The molecule has 0 amide bonds. The van der Waals surface area contributed by atoms with Crippen LogP contribution in [0.5, 0.6) is 0 Å². The van der Waals surface area contributed by atoms with Gasteiger partial charge < -0.3 is 0 Å². The summed E-state index contributed by atoms with van der Waals surface area (Å²) in [5.41, 5.74) is 5.54. The molecule has 3 aromatic rings. The monoisotopic (exact) mass is 283 g/mol. The fraction of sp³-hybridized carbons (Fsp3) is 0.214. The maximum absolute atomic E-state index is 5.65. The third-order valence-electron chi connectivity index (χ3n) is 3.25. The van der Waals surface area contributed by atoms with Crippen LogP contribution in [-0.4, -0.2) is 24.8 Å². The van der Waals surface area contributed by atoms with E-state index in [4.69, 9.17) is 5.84 Å². The van der Waals surface area contributed by atoms with Crippen molar-refractivity contribution in [3.8, 4) is 5.69 Å². The molecule has 0 saturated carbocycles. The molecule has 0 spiro atoms. The fourth-order valence-corrected chi connectivity index (χ4v) is 2.20. The van der Waals surface area contributed by atoms with Crippen molar-refractivity contribution < 1.29 is 0 Å². The Labute approximate surface area is 122 Å². The van der Waals surface area contributed by atoms with Crippen LogP contribution < -0.4 is 11.3 Å². The molecule has 2 aromatic heterocycles. The summed E-state index contributed by atoms with van der Waals surface area (Å²) in [6.45, 7) is 0. The number of para-hydroxylation sites is 1. The van der Waals surface area contributed by atoms with E-state index in [9.17, 15) is 0 Å². The van der Waals surface area contributed by atoms with Crippen molar-refractivity contribution in [2.75, 3.05) is 0 Å². The molecule has 0 aliphatic carbocycles. The van der Waals surface area contributed by atoms with Gasteiger partial charge in [0.15, 0.2) is 0 Å². The van der Waals surface area contributed by atoms with Crippen molar-refractivity contribution in [1.82, 2.24) is 30.2 Å². The molecule has 0 aliphatic rings. The SMILES string of the molecule is Cn1cc(CC(NN)c2ccn(-c3ccccc3)n2)nn1. The second-order valence-corrected chi connectivity index (χ2v) is 4.83. The second-order valence-electron chi connectivity index (χ2n) is 4.83. The van der Waals surface area contributed by atoms with Crippen LogP contribution in [0.2, 0.25) is 0 Å². The lowest BCUT2D eigenvalue weighted by Gasteiger charge is -2.11. The Morgan fingerprint density at radius 2 is 2.05 bits per heavy atom. The van der Waals surface area contributed by atoms with E-state index in [-0.39, 0.29) is 6.04 Å². The number of hydrogen-bond acceptors (Lipinski definition) is 5. The molecule has 108 valence electrons. The standard InChI is InChI=1S/C14H17N7/c1-20-10-11(17-19-20)9-14(16-15)13-7-8-21(18-13)12-5-3-2-4-6-12/h2-8,10,14,16H,9,15H2,1H3. The molecule has 21 heavy (non-hydrogen) atoms. The smallest absolute Gasteiger partial charge is 0.0847 e. The first-order valence-corrected chi connectivity index (χ1v) is 6.68. The Morgan fingerprint density at radius 1 is 1.24 bits per heavy atom. The van der Waals surface area contributed by atoms with Gasteiger partial charge in [0, 0.05) is 25.9 Å². The van der Waals surface area contributed by atoms with Crippen LogP contribution >= 0.6 is 0 Å². The van der Waals surface area contributed by atoms with E-state index >= 15 is 0 Å². The Kier molecular flexibility index (Phi) is 3.76. The van der Waals surface area contributed by atoms with Gasteiger partial charge in [0.05, 0.1) is 23.1 Å². The highest BCUT2D eigenvalue weighted by Crippen LogP contribution is 2.16. The maximum atomic E-state index is 5.65. The van der Waals surface area contributed by atoms with E-state index in [0.29, 0.717) is 6.42 Å². The van der Waals surface area contributed by atoms with E-state index in [0.717, 1.165) is 17.1 Å². The number of nitrogens with one attached hydrogen (secondary N) is 1. The van der Waals surface area contributed by atoms with Crippen LogP contribution in [0.3, 0.4) is 0 Å². The molecule has 1 unspecified atom stereocenters. The Hall–Kier alpha value is -2.51. The Morgan fingerprint density at radius 3 is 2.71 bits per heavy atom. The number of nitrogens with two attached hydrogens (primary N) is 1. The molecule has 0 fully saturated rings. The third kappa shape index (κ3) is 2.99. The largest absolute Gasteiger partial charge is 0.271 e. The van der Waals surface area contributed by atoms with Crippen LogP contribution in [0.1, 0.15) is 17.4 Å². The number of aromatic nitrogens is 5. The molecule has 0 bridgehead atoms. The highest BCUT2D eigenvalue weighted by Gasteiger charge is 2.15. The summed E-state index contributed by atoms with van der Waals surface area (Å²) in [6, 6.07) is 11.8. The summed E-state index contributed by atoms with van der Waals surface area (Å²) < 4.78 is 3.50. The van der Waals surface area contributed by atoms with Gasteiger partial charge in [-0.05, 0) is 18.2 Å². The molecule has 7 heteroatoms. The first kappa shape index (κ1) is 13.5. The van der Waals surface area contributed by atoms with Gasteiger partial charge in [-0.15, -0.1) is 5.10 Å². The Balaban J connectivity index is 1.80. The molecule has 0 saturated heterocycles. The highest BCUT2D eigenvalue weighted by molar-refractivity contribution is 5.30. The first-order valence-electron chi connectivity index (χ1n) is 6.68. The lowest BCUT2D eigenvalue weighted by Crippen LogP contribution is -2.30. The molecule has 3 N–H and O–H groups in total. The number of nitrogens with zero attached hydrogens (tertiary/aromatic N) is 5. The lowest BCUT2D eigenvalue weighted by molar-refractivity contribution is 0.527. The fourth-order valence-electron chi connectivity index (χ4n) is 2.20. The van der Waals surface area contributed by atoms with Crippen LogP contribution in [0.25, 0.3) is 5.69 Å². The van der Waals surface area contributed by atoms with Gasteiger partial charge in [0.25, 0.3) is 0 Å². The summed E-state index contributed by atoms with van der Waals surface area (Å²) in [6.07, 6.45) is 4.43. The van der Waals surface area contributed by atoms with Gasteiger partial charge in [-0.2, -0.15) is 5.10 Å². The predicted octanol–water partition coefficient (Wildman–Crippen LogP) is 0.748. The van der Waals surface area contributed by atoms with E-state index in [1.807, 2.05) is 60.5 Å². The topological polar surface area (TPSA) is 86.6 Å². The van der Waals surface area contributed by atoms with E-state index in [2.05, 4.69) is 20.8 Å². The quantitative estimate of drug-likeness (QED) is 0.533. The van der Waals surface area contributed by atoms with Gasteiger partial charge in [0.2, 0.25) is 0 Å². The minimum absolute atomic E-state index is 0.105. The summed E-state index contributed by atoms with van der Waals surface area (Å²) in [5, 5.41) is 12.6. The summed E-state index contributed by atoms with van der Waals surface area (Å²) in [5.74, 6) is 5.65. The van der Waals surface area contributed by atoms with E-state index in [1.54, 1.807) is 4.68 Å². The molecule has 1 atom stereocenters. The van der Waals surface area contributed by atoms with E-state index < -0.39 is 0 Å². The number of rotatable bonds is 5. The number of hydrogen-bond donors (Lipinski definition) is 2. The van der Waals surface area contributed by atoms with E-state index in [1.165, 1.54) is 0 Å². The predicted molar refractivity (Wildman–Crippen MR) is 78.3 cm³/mol.